The average Bonchev–Trinajstić information content (AvgIpc) is 3.18. The molecule has 0 N–H and O–H groups in total. The maximum absolute atomic E-state index is 12.1. The van der Waals surface area contributed by atoms with Gasteiger partial charge in [-0.05, 0) is 56.0 Å². The highest BCUT2D eigenvalue weighted by Gasteiger charge is 2.27. The maximum atomic E-state index is 12.1. The van der Waals surface area contributed by atoms with Gasteiger partial charge < -0.3 is 4.74 Å². The van der Waals surface area contributed by atoms with Crippen molar-refractivity contribution in [1.29, 1.82) is 0 Å². The Kier molecular flexibility index (Phi) is 6.17. The second kappa shape index (κ2) is 8.57. The van der Waals surface area contributed by atoms with E-state index in [4.69, 9.17) is 21.3 Å². The number of carbonyl (C=O) groups excluding carboxylic acids is 1. The summed E-state index contributed by atoms with van der Waals surface area (Å²) in [6.45, 7) is 3.99. The number of halogens is 1. The van der Waals surface area contributed by atoms with Crippen LogP contribution in [0.25, 0.3) is 0 Å². The van der Waals surface area contributed by atoms with Gasteiger partial charge in [-0.2, -0.15) is 0 Å². The first-order valence-corrected chi connectivity index (χ1v) is 9.64. The van der Waals surface area contributed by atoms with E-state index >= 15 is 0 Å². The quantitative estimate of drug-likeness (QED) is 0.391. The predicted octanol–water partition coefficient (Wildman–Crippen LogP) is 5.44. The number of amides is 1. The smallest absolute Gasteiger partial charge is 0.215 e. The lowest BCUT2D eigenvalue weighted by molar-refractivity contribution is -0.116. The zero-order valence-corrected chi connectivity index (χ0v) is 16.8. The molecule has 1 fully saturated rings. The third kappa shape index (κ3) is 4.33. The number of carbonyl (C=O) groups is 1. The molecular weight excluding hydrogens is 360 g/mol. The van der Waals surface area contributed by atoms with Crippen molar-refractivity contribution in [2.45, 2.75) is 45.6 Å². The number of rotatable bonds is 5. The molecule has 0 unspecified atom stereocenters. The number of methoxy groups -OCH3 is 1. The molecule has 1 saturated carbocycles. The van der Waals surface area contributed by atoms with Crippen molar-refractivity contribution in [1.82, 2.24) is 4.90 Å². The minimum Gasteiger partial charge on any atom is -0.497 e. The van der Waals surface area contributed by atoms with Crippen molar-refractivity contribution in [2.24, 2.45) is 4.99 Å². The summed E-state index contributed by atoms with van der Waals surface area (Å²) >= 11 is 6.55. The van der Waals surface area contributed by atoms with Crippen LogP contribution in [0.1, 0.15) is 42.4 Å². The first kappa shape index (κ1) is 19.4. The highest BCUT2D eigenvalue weighted by molar-refractivity contribution is 6.34. The summed E-state index contributed by atoms with van der Waals surface area (Å²) in [6.07, 6.45) is 5.11. The minimum absolute atomic E-state index is 0.157. The molecule has 0 radical (unpaired) electrons. The summed E-state index contributed by atoms with van der Waals surface area (Å²) in [4.78, 5) is 18.7. The van der Waals surface area contributed by atoms with E-state index in [9.17, 15) is 4.79 Å². The van der Waals surface area contributed by atoms with E-state index in [1.807, 2.05) is 50.2 Å². The van der Waals surface area contributed by atoms with Crippen LogP contribution in [-0.4, -0.2) is 30.3 Å². The monoisotopic (exact) mass is 384 g/mol. The summed E-state index contributed by atoms with van der Waals surface area (Å²) in [5.41, 5.74) is 3.61. The van der Waals surface area contributed by atoms with E-state index in [1.165, 1.54) is 0 Å². The fourth-order valence-corrected chi connectivity index (χ4v) is 3.82. The Labute approximate surface area is 165 Å². The highest BCUT2D eigenvalue weighted by Crippen LogP contribution is 2.30. The normalized spacial score (nSPS) is 15.0. The van der Waals surface area contributed by atoms with Crippen LogP contribution in [0, 0.1) is 13.8 Å². The largest absolute Gasteiger partial charge is 0.497 e. The summed E-state index contributed by atoms with van der Waals surface area (Å²) in [5, 5.41) is 0.596. The minimum atomic E-state index is 0.157. The molecule has 0 heterocycles. The van der Waals surface area contributed by atoms with Crippen LogP contribution in [0.2, 0.25) is 5.02 Å². The van der Waals surface area contributed by atoms with Crippen LogP contribution in [0.4, 0.5) is 5.69 Å². The molecular formula is C22H25ClN2O2. The van der Waals surface area contributed by atoms with E-state index in [2.05, 4.69) is 0 Å². The Morgan fingerprint density at radius 2 is 1.93 bits per heavy atom. The third-order valence-electron chi connectivity index (χ3n) is 5.08. The Hall–Kier alpha value is -2.33. The van der Waals surface area contributed by atoms with Crippen LogP contribution in [0.15, 0.2) is 41.4 Å². The molecule has 5 heteroatoms. The predicted molar refractivity (Wildman–Crippen MR) is 110 cm³/mol. The fraction of sp³-hybridized carbons (Fsp3) is 0.364. The van der Waals surface area contributed by atoms with Crippen molar-refractivity contribution in [2.75, 3.05) is 7.11 Å². The number of hydrogen-bond donors (Lipinski definition) is 0. The number of benzene rings is 2. The first-order valence-electron chi connectivity index (χ1n) is 9.27. The summed E-state index contributed by atoms with van der Waals surface area (Å²) < 4.78 is 5.34. The molecule has 0 spiro atoms. The Morgan fingerprint density at radius 3 is 2.56 bits per heavy atom. The van der Waals surface area contributed by atoms with Crippen molar-refractivity contribution in [3.63, 3.8) is 0 Å². The molecule has 1 aliphatic carbocycles. The van der Waals surface area contributed by atoms with E-state index in [-0.39, 0.29) is 6.04 Å². The van der Waals surface area contributed by atoms with E-state index < -0.39 is 0 Å². The van der Waals surface area contributed by atoms with Gasteiger partial charge in [-0.3, -0.25) is 9.69 Å². The molecule has 27 heavy (non-hydrogen) atoms. The third-order valence-corrected chi connectivity index (χ3v) is 5.40. The fourth-order valence-electron chi connectivity index (χ4n) is 3.50. The van der Waals surface area contributed by atoms with Gasteiger partial charge in [0.15, 0.2) is 0 Å². The van der Waals surface area contributed by atoms with Crippen molar-refractivity contribution >= 4 is 29.5 Å². The molecule has 2 aromatic carbocycles. The molecule has 0 saturated heterocycles. The molecule has 1 aliphatic rings. The van der Waals surface area contributed by atoms with Crippen LogP contribution < -0.4 is 4.74 Å². The molecule has 0 atom stereocenters. The molecule has 142 valence electrons. The standard InChI is InChI=1S/C22H25ClN2O2/c1-15-8-11-19(20(23)12-15)22(25(14-26)17-6-4-5-7-17)24-21-13-18(27-3)10-9-16(21)2/h8-14,17H,4-7H2,1-3H3. The summed E-state index contributed by atoms with van der Waals surface area (Å²) in [6, 6.07) is 11.8. The van der Waals surface area contributed by atoms with E-state index in [0.29, 0.717) is 10.9 Å². The molecule has 3 rings (SSSR count). The second-order valence-electron chi connectivity index (χ2n) is 7.02. The SMILES string of the molecule is COc1ccc(C)c(N=C(c2ccc(C)cc2Cl)N(C=O)C2CCCC2)c1. The topological polar surface area (TPSA) is 41.9 Å². The Morgan fingerprint density at radius 1 is 1.19 bits per heavy atom. The van der Waals surface area contributed by atoms with Crippen LogP contribution >= 0.6 is 11.6 Å². The number of hydrogen-bond acceptors (Lipinski definition) is 3. The molecule has 0 bridgehead atoms. The molecule has 0 aliphatic heterocycles. The van der Waals surface area contributed by atoms with Gasteiger partial charge in [-0.25, -0.2) is 4.99 Å². The van der Waals surface area contributed by atoms with Gasteiger partial charge in [0.2, 0.25) is 6.41 Å². The van der Waals surface area contributed by atoms with Crippen molar-refractivity contribution < 1.29 is 9.53 Å². The molecule has 1 amide bonds. The average molecular weight is 385 g/mol. The number of amidine groups is 1. The van der Waals surface area contributed by atoms with Gasteiger partial charge in [0.25, 0.3) is 0 Å². The van der Waals surface area contributed by atoms with Gasteiger partial charge in [-0.15, -0.1) is 0 Å². The van der Waals surface area contributed by atoms with Crippen molar-refractivity contribution in [3.8, 4) is 5.75 Å². The number of aryl methyl sites for hydroxylation is 2. The summed E-state index contributed by atoms with van der Waals surface area (Å²) in [7, 11) is 1.63. The lowest BCUT2D eigenvalue weighted by Crippen LogP contribution is -2.38. The van der Waals surface area contributed by atoms with Gasteiger partial charge in [0.1, 0.15) is 11.6 Å². The van der Waals surface area contributed by atoms with Crippen LogP contribution in [0.3, 0.4) is 0 Å². The highest BCUT2D eigenvalue weighted by atomic mass is 35.5. The van der Waals surface area contributed by atoms with Gasteiger partial charge in [0.05, 0.1) is 17.8 Å². The first-order chi connectivity index (χ1) is 13.0. The maximum Gasteiger partial charge on any atom is 0.215 e. The Balaban J connectivity index is 2.15. The van der Waals surface area contributed by atoms with Gasteiger partial charge in [0, 0.05) is 17.7 Å². The lowest BCUT2D eigenvalue weighted by Gasteiger charge is -2.27. The Bertz CT molecular complexity index is 857. The van der Waals surface area contributed by atoms with E-state index in [1.54, 1.807) is 12.0 Å². The molecule has 0 aromatic heterocycles. The number of ether oxygens (including phenoxy) is 1. The molecule has 2 aromatic rings. The van der Waals surface area contributed by atoms with Gasteiger partial charge in [-0.1, -0.05) is 36.6 Å². The van der Waals surface area contributed by atoms with E-state index in [0.717, 1.165) is 60.2 Å². The van der Waals surface area contributed by atoms with Crippen molar-refractivity contribution in [3.05, 3.63) is 58.1 Å². The van der Waals surface area contributed by atoms with Crippen LogP contribution in [0.5, 0.6) is 5.75 Å². The zero-order valence-electron chi connectivity index (χ0n) is 16.0. The second-order valence-corrected chi connectivity index (χ2v) is 7.43. The van der Waals surface area contributed by atoms with Crippen LogP contribution in [-0.2, 0) is 4.79 Å². The number of nitrogens with zero attached hydrogens (tertiary/aromatic N) is 2. The molecule has 4 nitrogen and oxygen atoms in total. The summed E-state index contributed by atoms with van der Waals surface area (Å²) in [5.74, 6) is 1.32. The zero-order chi connectivity index (χ0) is 19.4. The number of aliphatic imine (C=N–C) groups is 1. The van der Waals surface area contributed by atoms with Gasteiger partial charge >= 0.3 is 0 Å². The lowest BCUT2D eigenvalue weighted by atomic mass is 10.1.